The monoisotopic (exact) mass is 351 g/mol. The molecule has 0 aromatic carbocycles. The second kappa shape index (κ2) is 16.9. The molecule has 0 radical (unpaired) electrons. The van der Waals surface area contributed by atoms with Gasteiger partial charge in [-0.3, -0.25) is 14.9 Å². The molecule has 0 heterocycles. The lowest BCUT2D eigenvalue weighted by Crippen LogP contribution is -1.97. The van der Waals surface area contributed by atoms with E-state index in [1.165, 1.54) is 0 Å². The van der Waals surface area contributed by atoms with Gasteiger partial charge < -0.3 is 5.11 Å². The summed E-state index contributed by atoms with van der Waals surface area (Å²) in [5.74, 6) is -0.710. The molecule has 0 bridgehead atoms. The van der Waals surface area contributed by atoms with Crippen LogP contribution in [0.3, 0.4) is 0 Å². The van der Waals surface area contributed by atoms with E-state index in [1.54, 1.807) is 6.08 Å². The minimum Gasteiger partial charge on any atom is -0.481 e. The van der Waals surface area contributed by atoms with Gasteiger partial charge in [0.15, 0.2) is 0 Å². The Morgan fingerprint density at radius 2 is 1.64 bits per heavy atom. The maximum Gasteiger partial charge on any atom is 0.303 e. The lowest BCUT2D eigenvalue weighted by molar-refractivity contribution is -0.427. The normalized spacial score (nSPS) is 12.3. The summed E-state index contributed by atoms with van der Waals surface area (Å²) in [7, 11) is 0. The van der Waals surface area contributed by atoms with Crippen molar-refractivity contribution in [3.05, 3.63) is 46.2 Å². The van der Waals surface area contributed by atoms with Crippen molar-refractivity contribution in [2.24, 2.45) is 0 Å². The molecule has 0 aromatic rings. The maximum absolute atomic E-state index is 10.9. The summed E-state index contributed by atoms with van der Waals surface area (Å²) in [6.07, 6.45) is 20.2. The highest BCUT2D eigenvalue weighted by molar-refractivity contribution is 5.66. The summed E-state index contributed by atoms with van der Waals surface area (Å²) in [6, 6.07) is 0. The molecule has 0 aliphatic rings. The van der Waals surface area contributed by atoms with Gasteiger partial charge in [0, 0.05) is 6.42 Å². The van der Waals surface area contributed by atoms with E-state index < -0.39 is 5.97 Å². The van der Waals surface area contributed by atoms with E-state index in [9.17, 15) is 14.9 Å². The van der Waals surface area contributed by atoms with Crippen LogP contribution in [-0.4, -0.2) is 16.0 Å². The predicted octanol–water partition coefficient (Wildman–Crippen LogP) is 6.05. The molecule has 5 nitrogen and oxygen atoms in total. The Morgan fingerprint density at radius 3 is 2.32 bits per heavy atom. The molecule has 142 valence electrons. The number of nitro groups is 1. The van der Waals surface area contributed by atoms with Crippen molar-refractivity contribution in [3.63, 3.8) is 0 Å². The molecule has 0 rings (SSSR count). The second-order valence-electron chi connectivity index (χ2n) is 6.18. The van der Waals surface area contributed by atoms with E-state index in [1.807, 2.05) is 12.2 Å². The maximum atomic E-state index is 10.9. The Kier molecular flexibility index (Phi) is 15.6. The van der Waals surface area contributed by atoms with E-state index in [0.717, 1.165) is 64.2 Å². The average Bonchev–Trinajstić information content (AvgIpc) is 2.56. The molecular formula is C20H33NO4. The molecule has 0 fully saturated rings. The number of allylic oxidation sites excluding steroid dienone is 5. The van der Waals surface area contributed by atoms with Crippen molar-refractivity contribution in [1.29, 1.82) is 0 Å². The van der Waals surface area contributed by atoms with Crippen LogP contribution >= 0.6 is 0 Å². The third-order valence-corrected chi connectivity index (χ3v) is 3.87. The molecule has 0 saturated heterocycles. The molecule has 0 amide bonds. The molecule has 0 atom stereocenters. The van der Waals surface area contributed by atoms with Crippen molar-refractivity contribution in [3.8, 4) is 0 Å². The van der Waals surface area contributed by atoms with E-state index >= 15 is 0 Å². The van der Waals surface area contributed by atoms with Crippen LogP contribution in [0.1, 0.15) is 84.0 Å². The number of carboxylic acids is 1. The zero-order valence-electron chi connectivity index (χ0n) is 15.5. The van der Waals surface area contributed by atoms with Crippen molar-refractivity contribution in [2.75, 3.05) is 0 Å². The summed E-state index contributed by atoms with van der Waals surface area (Å²) in [6.45, 7) is 2.07. The minimum atomic E-state index is -0.710. The Balaban J connectivity index is 3.68. The lowest BCUT2D eigenvalue weighted by atomic mass is 10.1. The third-order valence-electron chi connectivity index (χ3n) is 3.87. The van der Waals surface area contributed by atoms with Crippen LogP contribution in [0, 0.1) is 10.1 Å². The summed E-state index contributed by atoms with van der Waals surface area (Å²) in [5, 5.41) is 19.4. The Bertz CT molecular complexity index is 453. The van der Waals surface area contributed by atoms with Crippen molar-refractivity contribution in [1.82, 2.24) is 0 Å². The predicted molar refractivity (Wildman–Crippen MR) is 102 cm³/mol. The van der Waals surface area contributed by atoms with Gasteiger partial charge in [0.25, 0.3) is 0 Å². The van der Waals surface area contributed by atoms with E-state index in [0.29, 0.717) is 6.42 Å². The van der Waals surface area contributed by atoms with Crippen molar-refractivity contribution < 1.29 is 14.8 Å². The highest BCUT2D eigenvalue weighted by Crippen LogP contribution is 2.09. The number of nitrogens with zero attached hydrogens (tertiary/aromatic N) is 1. The Labute approximate surface area is 151 Å². The molecule has 0 aliphatic heterocycles. The van der Waals surface area contributed by atoms with Crippen LogP contribution in [-0.2, 0) is 4.79 Å². The van der Waals surface area contributed by atoms with Crippen LogP contribution in [0.5, 0.6) is 0 Å². The fourth-order valence-corrected chi connectivity index (χ4v) is 2.37. The topological polar surface area (TPSA) is 80.4 Å². The zero-order valence-corrected chi connectivity index (χ0v) is 15.5. The van der Waals surface area contributed by atoms with Crippen LogP contribution in [0.2, 0.25) is 0 Å². The quantitative estimate of drug-likeness (QED) is 0.159. The first-order valence-electron chi connectivity index (χ1n) is 9.43. The lowest BCUT2D eigenvalue weighted by Gasteiger charge is -1.98. The molecule has 0 aliphatic carbocycles. The largest absolute Gasteiger partial charge is 0.481 e. The van der Waals surface area contributed by atoms with Gasteiger partial charge in [-0.2, -0.15) is 0 Å². The minimum absolute atomic E-state index is 0.276. The second-order valence-corrected chi connectivity index (χ2v) is 6.18. The van der Waals surface area contributed by atoms with Crippen molar-refractivity contribution >= 4 is 5.97 Å². The van der Waals surface area contributed by atoms with Gasteiger partial charge >= 0.3 is 5.97 Å². The summed E-state index contributed by atoms with van der Waals surface area (Å²) in [4.78, 5) is 21.0. The van der Waals surface area contributed by atoms with Crippen molar-refractivity contribution in [2.45, 2.75) is 84.0 Å². The number of hydrogen-bond acceptors (Lipinski definition) is 3. The first-order chi connectivity index (χ1) is 12.1. The molecule has 25 heavy (non-hydrogen) atoms. The van der Waals surface area contributed by atoms with Crippen LogP contribution < -0.4 is 0 Å². The first-order valence-corrected chi connectivity index (χ1v) is 9.43. The SMILES string of the molecule is CCCCC=C(CC=CCC=CCCCCCCCC(=O)O)[N+](=O)[O-]. The van der Waals surface area contributed by atoms with Crippen LogP contribution in [0.4, 0.5) is 0 Å². The van der Waals surface area contributed by atoms with Gasteiger partial charge in [-0.25, -0.2) is 0 Å². The molecule has 0 saturated carbocycles. The Morgan fingerprint density at radius 1 is 0.960 bits per heavy atom. The number of carbonyl (C=O) groups is 1. The zero-order chi connectivity index (χ0) is 18.8. The molecule has 0 unspecified atom stereocenters. The van der Waals surface area contributed by atoms with Gasteiger partial charge in [-0.15, -0.1) is 0 Å². The first kappa shape index (κ1) is 23.1. The number of carboxylic acid groups (broad SMARTS) is 1. The Hall–Kier alpha value is -1.91. The highest BCUT2D eigenvalue weighted by Gasteiger charge is 2.06. The van der Waals surface area contributed by atoms with E-state index in [-0.39, 0.29) is 17.0 Å². The number of aliphatic carboxylic acids is 1. The fourth-order valence-electron chi connectivity index (χ4n) is 2.37. The summed E-state index contributed by atoms with van der Waals surface area (Å²) >= 11 is 0. The number of hydrogen-bond donors (Lipinski definition) is 1. The van der Waals surface area contributed by atoms with Gasteiger partial charge in [0.1, 0.15) is 0 Å². The molecule has 1 N–H and O–H groups in total. The summed E-state index contributed by atoms with van der Waals surface area (Å²) < 4.78 is 0. The standard InChI is InChI=1S/C20H33NO4/c1-2-3-13-16-19(21(24)25)17-14-11-9-7-5-4-6-8-10-12-15-18-20(22)23/h5,7,11,14,16H,2-4,6,8-10,12-13,15,17-18H2,1H3,(H,22,23). The van der Waals surface area contributed by atoms with Gasteiger partial charge in [-0.05, 0) is 44.6 Å². The fraction of sp³-hybridized carbons (Fsp3) is 0.650. The molecule has 0 spiro atoms. The molecule has 5 heteroatoms. The van der Waals surface area contributed by atoms with Gasteiger partial charge in [0.05, 0.1) is 11.3 Å². The summed E-state index contributed by atoms with van der Waals surface area (Å²) in [5.41, 5.74) is 0.288. The third kappa shape index (κ3) is 16.7. The van der Waals surface area contributed by atoms with Crippen LogP contribution in [0.15, 0.2) is 36.1 Å². The number of unbranched alkanes of at least 4 members (excludes halogenated alkanes) is 7. The number of rotatable bonds is 16. The average molecular weight is 351 g/mol. The van der Waals surface area contributed by atoms with E-state index in [4.69, 9.17) is 5.11 Å². The molecule has 0 aromatic heterocycles. The molecular weight excluding hydrogens is 318 g/mol. The van der Waals surface area contributed by atoms with Crippen LogP contribution in [0.25, 0.3) is 0 Å². The van der Waals surface area contributed by atoms with Gasteiger partial charge in [0.2, 0.25) is 5.70 Å². The highest BCUT2D eigenvalue weighted by atomic mass is 16.6. The van der Waals surface area contributed by atoms with E-state index in [2.05, 4.69) is 19.1 Å². The smallest absolute Gasteiger partial charge is 0.303 e. The van der Waals surface area contributed by atoms with Gasteiger partial charge in [-0.1, -0.05) is 56.9 Å².